The summed E-state index contributed by atoms with van der Waals surface area (Å²) in [5, 5.41) is 1.18. The predicted molar refractivity (Wildman–Crippen MR) is 54.0 cm³/mol. The van der Waals surface area contributed by atoms with Crippen LogP contribution in [0.1, 0.15) is 26.3 Å². The van der Waals surface area contributed by atoms with Crippen molar-refractivity contribution in [1.82, 2.24) is 0 Å². The molecule has 0 bridgehead atoms. The number of hydrogen-bond donors (Lipinski definition) is 0. The summed E-state index contributed by atoms with van der Waals surface area (Å²) in [6.45, 7) is 6.32. The third-order valence-corrected chi connectivity index (χ3v) is 2.19. The maximum absolute atomic E-state index is 5.97. The average molecular weight is 202 g/mol. The van der Waals surface area contributed by atoms with E-state index in [1.165, 1.54) is 0 Å². The van der Waals surface area contributed by atoms with E-state index in [1.807, 2.05) is 12.1 Å². The Balaban J connectivity index is 3.19. The molecule has 0 aromatic heterocycles. The molecule has 0 fully saturated rings. The Morgan fingerprint density at radius 2 is 1.75 bits per heavy atom. The van der Waals surface area contributed by atoms with Gasteiger partial charge in [0.2, 0.25) is 0 Å². The van der Waals surface area contributed by atoms with E-state index in [4.69, 9.17) is 23.2 Å². The predicted octanol–water partition coefficient (Wildman–Crippen LogP) is 4.09. The van der Waals surface area contributed by atoms with Gasteiger partial charge in [-0.1, -0.05) is 50.0 Å². The minimum Gasteiger partial charge on any atom is -0.0836 e. The van der Waals surface area contributed by atoms with Crippen molar-refractivity contribution in [3.63, 3.8) is 0 Å². The van der Waals surface area contributed by atoms with Crippen LogP contribution in [0.3, 0.4) is 0 Å². The molecule has 12 heavy (non-hydrogen) atoms. The summed E-state index contributed by atoms with van der Waals surface area (Å²) in [6, 6.07) is 6.64. The molecule has 1 rings (SSSR count). The second-order valence-electron chi connectivity index (χ2n) is 3.78. The van der Waals surface area contributed by atoms with Crippen molar-refractivity contribution in [2.24, 2.45) is 0 Å². The molecule has 0 aliphatic rings. The first kappa shape index (κ1) is 9.88. The van der Waals surface area contributed by atoms with E-state index in [0.717, 1.165) is 5.56 Å². The lowest BCUT2D eigenvalue weighted by Crippen LogP contribution is -2.11. The van der Waals surface area contributed by atoms with Crippen molar-refractivity contribution in [3.8, 4) is 0 Å². The molecule has 0 atom stereocenters. The first-order valence-electron chi connectivity index (χ1n) is 3.79. The Morgan fingerprint density at radius 3 is 2.17 bits per heavy atom. The zero-order valence-corrected chi connectivity index (χ0v) is 8.92. The normalized spacial score (nSPS) is 11.8. The number of benzene rings is 1. The van der Waals surface area contributed by atoms with Gasteiger partial charge in [0, 0.05) is 6.07 Å². The molecule has 0 saturated heterocycles. The molecule has 0 saturated carbocycles. The zero-order chi connectivity index (χ0) is 9.35. The Morgan fingerprint density at radius 1 is 1.17 bits per heavy atom. The highest BCUT2D eigenvalue weighted by Crippen LogP contribution is 2.30. The third-order valence-electron chi connectivity index (χ3n) is 1.67. The lowest BCUT2D eigenvalue weighted by molar-refractivity contribution is 0.590. The molecule has 0 aliphatic heterocycles. The summed E-state index contributed by atoms with van der Waals surface area (Å²) < 4.78 is 0. The lowest BCUT2D eigenvalue weighted by Gasteiger charge is -2.20. The van der Waals surface area contributed by atoms with E-state index in [0.29, 0.717) is 10.0 Å². The van der Waals surface area contributed by atoms with E-state index in [9.17, 15) is 0 Å². The fourth-order valence-electron chi connectivity index (χ4n) is 1.02. The van der Waals surface area contributed by atoms with Crippen LogP contribution in [0.2, 0.25) is 10.0 Å². The zero-order valence-electron chi connectivity index (χ0n) is 7.41. The summed E-state index contributed by atoms with van der Waals surface area (Å²) in [4.78, 5) is 0. The highest BCUT2D eigenvalue weighted by Gasteiger charge is 2.16. The second-order valence-corrected chi connectivity index (χ2v) is 4.57. The molecule has 1 aromatic rings. The van der Waals surface area contributed by atoms with Gasteiger partial charge in [-0.15, -0.1) is 0 Å². The van der Waals surface area contributed by atoms with Gasteiger partial charge in [-0.05, 0) is 17.0 Å². The maximum Gasteiger partial charge on any atom is 0.0537 e. The average Bonchev–Trinajstić information content (AvgIpc) is 1.83. The Hall–Kier alpha value is -0.200. The molecule has 0 nitrogen and oxygen atoms in total. The molecule has 0 unspecified atom stereocenters. The molecule has 0 spiro atoms. The quantitative estimate of drug-likeness (QED) is 0.594. The van der Waals surface area contributed by atoms with Crippen molar-refractivity contribution in [2.75, 3.05) is 0 Å². The minimum atomic E-state index is 0.0537. The van der Waals surface area contributed by atoms with Crippen molar-refractivity contribution in [2.45, 2.75) is 26.2 Å². The van der Waals surface area contributed by atoms with Gasteiger partial charge in [0.05, 0.1) is 10.0 Å². The van der Waals surface area contributed by atoms with Gasteiger partial charge in [0.15, 0.2) is 0 Å². The van der Waals surface area contributed by atoms with Gasteiger partial charge in [0.25, 0.3) is 0 Å². The fourth-order valence-corrected chi connectivity index (χ4v) is 1.68. The van der Waals surface area contributed by atoms with Crippen LogP contribution in [0.25, 0.3) is 0 Å². The van der Waals surface area contributed by atoms with Crippen LogP contribution in [0.15, 0.2) is 12.1 Å². The van der Waals surface area contributed by atoms with Crippen LogP contribution in [0.5, 0.6) is 0 Å². The topological polar surface area (TPSA) is 0 Å². The molecule has 2 heteroatoms. The van der Waals surface area contributed by atoms with Crippen molar-refractivity contribution in [1.29, 1.82) is 0 Å². The summed E-state index contributed by atoms with van der Waals surface area (Å²) in [5.74, 6) is 0. The second kappa shape index (κ2) is 3.27. The molecular formula is C10H11Cl2. The summed E-state index contributed by atoms with van der Waals surface area (Å²) in [5.41, 5.74) is 1.13. The van der Waals surface area contributed by atoms with E-state index in [1.54, 1.807) is 0 Å². The third kappa shape index (κ3) is 2.15. The van der Waals surface area contributed by atoms with Crippen LogP contribution in [0.4, 0.5) is 0 Å². The molecule has 0 N–H and O–H groups in total. The monoisotopic (exact) mass is 201 g/mol. The van der Waals surface area contributed by atoms with Gasteiger partial charge >= 0.3 is 0 Å². The molecular weight excluding hydrogens is 191 g/mol. The smallest absolute Gasteiger partial charge is 0.0537 e. The Kier molecular flexibility index (Phi) is 2.70. The van der Waals surface area contributed by atoms with E-state index in [-0.39, 0.29) is 5.41 Å². The summed E-state index contributed by atoms with van der Waals surface area (Å²) in [6.07, 6.45) is 0. The molecule has 65 valence electrons. The van der Waals surface area contributed by atoms with Gasteiger partial charge < -0.3 is 0 Å². The first-order valence-corrected chi connectivity index (χ1v) is 4.54. The molecule has 1 radical (unpaired) electrons. The van der Waals surface area contributed by atoms with E-state index >= 15 is 0 Å². The number of halogens is 2. The summed E-state index contributed by atoms with van der Waals surface area (Å²) >= 11 is 11.7. The maximum atomic E-state index is 5.97. The fraction of sp³-hybridized carbons (Fsp3) is 0.400. The summed E-state index contributed by atoms with van der Waals surface area (Å²) in [7, 11) is 0. The van der Waals surface area contributed by atoms with E-state index in [2.05, 4.69) is 26.8 Å². The van der Waals surface area contributed by atoms with Crippen LogP contribution in [-0.4, -0.2) is 0 Å². The SMILES string of the molecule is CC(C)(C)c1ccc(Cl)[c]c1Cl. The van der Waals surface area contributed by atoms with Crippen LogP contribution in [0, 0.1) is 6.07 Å². The number of hydrogen-bond acceptors (Lipinski definition) is 0. The van der Waals surface area contributed by atoms with E-state index < -0.39 is 0 Å². The highest BCUT2D eigenvalue weighted by atomic mass is 35.5. The first-order chi connectivity index (χ1) is 5.41. The van der Waals surface area contributed by atoms with Gasteiger partial charge in [0.1, 0.15) is 0 Å². The lowest BCUT2D eigenvalue weighted by atomic mass is 9.87. The van der Waals surface area contributed by atoms with Gasteiger partial charge in [-0.3, -0.25) is 0 Å². The molecule has 0 amide bonds. The standard InChI is InChI=1S/C10H11Cl2/c1-10(2,3)8-5-4-7(11)6-9(8)12/h4-5H,1-3H3. The molecule has 0 heterocycles. The highest BCUT2D eigenvalue weighted by molar-refractivity contribution is 6.34. The Labute approximate surface area is 83.5 Å². The minimum absolute atomic E-state index is 0.0537. The molecule has 0 aliphatic carbocycles. The van der Waals surface area contributed by atoms with Crippen molar-refractivity contribution in [3.05, 3.63) is 33.8 Å². The number of rotatable bonds is 0. The van der Waals surface area contributed by atoms with Crippen LogP contribution in [-0.2, 0) is 5.41 Å². The van der Waals surface area contributed by atoms with Gasteiger partial charge in [-0.2, -0.15) is 0 Å². The Bertz CT molecular complexity index is 284. The van der Waals surface area contributed by atoms with Crippen molar-refractivity contribution < 1.29 is 0 Å². The van der Waals surface area contributed by atoms with Crippen LogP contribution < -0.4 is 0 Å². The van der Waals surface area contributed by atoms with Crippen LogP contribution >= 0.6 is 23.2 Å². The van der Waals surface area contributed by atoms with Gasteiger partial charge in [-0.25, -0.2) is 0 Å². The largest absolute Gasteiger partial charge is 0.0836 e. The van der Waals surface area contributed by atoms with Crippen molar-refractivity contribution >= 4 is 23.2 Å². The molecule has 1 aromatic carbocycles.